The van der Waals surface area contributed by atoms with Crippen molar-refractivity contribution in [1.29, 1.82) is 0 Å². The summed E-state index contributed by atoms with van der Waals surface area (Å²) >= 11 is 0. The van der Waals surface area contributed by atoms with E-state index in [0.717, 1.165) is 12.1 Å². The highest BCUT2D eigenvalue weighted by atomic mass is 35.5. The van der Waals surface area contributed by atoms with Crippen molar-refractivity contribution in [2.45, 2.75) is 45.5 Å². The van der Waals surface area contributed by atoms with Crippen LogP contribution in [-0.4, -0.2) is 37.3 Å². The molecule has 2 amide bonds. The monoisotopic (exact) mass is 423 g/mol. The molecule has 1 aromatic carbocycles. The van der Waals surface area contributed by atoms with Gasteiger partial charge in [0.25, 0.3) is 0 Å². The first kappa shape index (κ1) is 24.0. The summed E-state index contributed by atoms with van der Waals surface area (Å²) in [5.41, 5.74) is 5.32. The predicted molar refractivity (Wildman–Crippen MR) is 101 cm³/mol. The molecule has 1 aliphatic rings. The van der Waals surface area contributed by atoms with Gasteiger partial charge in [0.15, 0.2) is 0 Å². The maximum Gasteiger partial charge on any atom is 0.573 e. The molecule has 1 heterocycles. The minimum absolute atomic E-state index is 0. The Bertz CT molecular complexity index is 688. The van der Waals surface area contributed by atoms with Crippen LogP contribution in [0, 0.1) is 5.41 Å². The highest BCUT2D eigenvalue weighted by Crippen LogP contribution is 2.30. The maximum atomic E-state index is 12.6. The van der Waals surface area contributed by atoms with Crippen molar-refractivity contribution in [3.63, 3.8) is 0 Å². The van der Waals surface area contributed by atoms with Crippen LogP contribution in [0.1, 0.15) is 33.1 Å². The Morgan fingerprint density at radius 3 is 2.50 bits per heavy atom. The second-order valence-electron chi connectivity index (χ2n) is 6.54. The average molecular weight is 424 g/mol. The number of hydrogen-bond donors (Lipinski definition) is 2. The van der Waals surface area contributed by atoms with E-state index in [0.29, 0.717) is 19.3 Å². The van der Waals surface area contributed by atoms with Gasteiger partial charge in [0.2, 0.25) is 11.8 Å². The van der Waals surface area contributed by atoms with Crippen LogP contribution in [0.2, 0.25) is 0 Å². The normalized spacial score (nSPS) is 17.3. The van der Waals surface area contributed by atoms with Gasteiger partial charge in [-0.05, 0) is 31.4 Å². The molecule has 0 spiro atoms. The fraction of sp³-hybridized carbons (Fsp3) is 0.556. The molecular weight excluding hydrogens is 399 g/mol. The number of hydrogen-bond acceptors (Lipinski definition) is 4. The van der Waals surface area contributed by atoms with Crippen molar-refractivity contribution in [3.05, 3.63) is 24.3 Å². The molecule has 6 nitrogen and oxygen atoms in total. The van der Waals surface area contributed by atoms with E-state index in [1.54, 1.807) is 0 Å². The SMILES string of the molecule is CCC(CC)(CN)C(=O)NC1CCN(c2cccc(OC(F)(F)F)c2)C1=O.Cl. The fourth-order valence-corrected chi connectivity index (χ4v) is 3.18. The van der Waals surface area contributed by atoms with E-state index in [-0.39, 0.29) is 43.0 Å². The second kappa shape index (κ2) is 9.47. The van der Waals surface area contributed by atoms with Gasteiger partial charge in [-0.1, -0.05) is 19.9 Å². The summed E-state index contributed by atoms with van der Waals surface area (Å²) in [4.78, 5) is 26.6. The van der Waals surface area contributed by atoms with E-state index < -0.39 is 23.6 Å². The summed E-state index contributed by atoms with van der Waals surface area (Å²) in [6, 6.07) is 4.48. The number of rotatable bonds is 7. The van der Waals surface area contributed by atoms with Crippen LogP contribution in [0.5, 0.6) is 5.75 Å². The average Bonchev–Trinajstić information content (AvgIpc) is 2.96. The van der Waals surface area contributed by atoms with Gasteiger partial charge in [-0.15, -0.1) is 25.6 Å². The molecule has 10 heteroatoms. The zero-order valence-electron chi connectivity index (χ0n) is 15.7. The predicted octanol–water partition coefficient (Wildman–Crippen LogP) is 2.99. The van der Waals surface area contributed by atoms with E-state index in [1.807, 2.05) is 13.8 Å². The number of halogens is 4. The fourth-order valence-electron chi connectivity index (χ4n) is 3.18. The number of amides is 2. The summed E-state index contributed by atoms with van der Waals surface area (Å²) in [6.07, 6.45) is -3.35. The molecule has 1 fully saturated rings. The van der Waals surface area contributed by atoms with E-state index >= 15 is 0 Å². The zero-order chi connectivity index (χ0) is 20.2. The summed E-state index contributed by atoms with van der Waals surface area (Å²) < 4.78 is 41.0. The number of anilines is 1. The van der Waals surface area contributed by atoms with Gasteiger partial charge in [0.05, 0.1) is 5.41 Å². The number of benzene rings is 1. The topological polar surface area (TPSA) is 84.7 Å². The standard InChI is InChI=1S/C18H24F3N3O3.ClH/c1-3-17(4-2,11-22)16(26)23-14-8-9-24(15(14)25)12-6-5-7-13(10-12)27-18(19,20)21;/h5-7,10,14H,3-4,8-9,11,22H2,1-2H3,(H,23,26);1H. The Labute approximate surface area is 168 Å². The van der Waals surface area contributed by atoms with E-state index in [2.05, 4.69) is 10.1 Å². The minimum Gasteiger partial charge on any atom is -0.406 e. The molecule has 1 saturated heterocycles. The van der Waals surface area contributed by atoms with E-state index in [9.17, 15) is 22.8 Å². The number of nitrogens with zero attached hydrogens (tertiary/aromatic N) is 1. The third-order valence-corrected chi connectivity index (χ3v) is 5.10. The van der Waals surface area contributed by atoms with Crippen LogP contribution in [0.4, 0.5) is 18.9 Å². The lowest BCUT2D eigenvalue weighted by molar-refractivity contribution is -0.274. The number of ether oxygens (including phenoxy) is 1. The van der Waals surface area contributed by atoms with Gasteiger partial charge in [0.1, 0.15) is 11.8 Å². The van der Waals surface area contributed by atoms with Crippen molar-refractivity contribution in [3.8, 4) is 5.75 Å². The molecule has 28 heavy (non-hydrogen) atoms. The summed E-state index contributed by atoms with van der Waals surface area (Å²) in [5, 5.41) is 2.75. The lowest BCUT2D eigenvalue weighted by atomic mass is 9.81. The first-order valence-electron chi connectivity index (χ1n) is 8.84. The van der Waals surface area contributed by atoms with Gasteiger partial charge < -0.3 is 20.7 Å². The van der Waals surface area contributed by atoms with Crippen molar-refractivity contribution >= 4 is 29.9 Å². The number of nitrogens with one attached hydrogen (secondary N) is 1. The molecular formula is C18H25ClF3N3O3. The molecule has 0 aliphatic carbocycles. The van der Waals surface area contributed by atoms with Crippen molar-refractivity contribution in [1.82, 2.24) is 5.32 Å². The maximum absolute atomic E-state index is 12.6. The molecule has 1 unspecified atom stereocenters. The van der Waals surface area contributed by atoms with Crippen LogP contribution in [0.15, 0.2) is 24.3 Å². The summed E-state index contributed by atoms with van der Waals surface area (Å²) in [6.45, 7) is 4.19. The van der Waals surface area contributed by atoms with Gasteiger partial charge in [-0.3, -0.25) is 9.59 Å². The largest absolute Gasteiger partial charge is 0.573 e. The Morgan fingerprint density at radius 2 is 1.96 bits per heavy atom. The molecule has 0 aromatic heterocycles. The molecule has 3 N–H and O–H groups in total. The first-order chi connectivity index (χ1) is 12.7. The molecule has 0 saturated carbocycles. The highest BCUT2D eigenvalue weighted by molar-refractivity contribution is 6.02. The molecule has 0 bridgehead atoms. The Hall–Kier alpha value is -2.00. The van der Waals surface area contributed by atoms with Crippen LogP contribution in [0.3, 0.4) is 0 Å². The van der Waals surface area contributed by atoms with Crippen LogP contribution >= 0.6 is 12.4 Å². The smallest absolute Gasteiger partial charge is 0.406 e. The number of carbonyl (C=O) groups is 2. The zero-order valence-corrected chi connectivity index (χ0v) is 16.5. The van der Waals surface area contributed by atoms with Gasteiger partial charge in [-0.2, -0.15) is 0 Å². The molecule has 2 rings (SSSR count). The Balaban J connectivity index is 0.00000392. The van der Waals surface area contributed by atoms with Crippen LogP contribution in [-0.2, 0) is 9.59 Å². The molecule has 1 aromatic rings. The van der Waals surface area contributed by atoms with E-state index in [4.69, 9.17) is 5.73 Å². The minimum atomic E-state index is -4.81. The lowest BCUT2D eigenvalue weighted by Crippen LogP contribution is -2.51. The first-order valence-corrected chi connectivity index (χ1v) is 8.84. The van der Waals surface area contributed by atoms with Crippen LogP contribution < -0.4 is 20.7 Å². The highest BCUT2D eigenvalue weighted by Gasteiger charge is 2.39. The van der Waals surface area contributed by atoms with Crippen molar-refractivity contribution in [2.75, 3.05) is 18.0 Å². The Kier molecular flexibility index (Phi) is 8.13. The third kappa shape index (κ3) is 5.29. The van der Waals surface area contributed by atoms with Crippen LogP contribution in [0.25, 0.3) is 0 Å². The van der Waals surface area contributed by atoms with Crippen molar-refractivity contribution in [2.24, 2.45) is 11.1 Å². The second-order valence-corrected chi connectivity index (χ2v) is 6.54. The number of carbonyl (C=O) groups excluding carboxylic acids is 2. The van der Waals surface area contributed by atoms with Gasteiger partial charge >= 0.3 is 6.36 Å². The molecule has 0 radical (unpaired) electrons. The quantitative estimate of drug-likeness (QED) is 0.706. The summed E-state index contributed by atoms with van der Waals surface area (Å²) in [7, 11) is 0. The molecule has 158 valence electrons. The van der Waals surface area contributed by atoms with E-state index in [1.165, 1.54) is 17.0 Å². The third-order valence-electron chi connectivity index (χ3n) is 5.10. The van der Waals surface area contributed by atoms with Gasteiger partial charge in [0, 0.05) is 24.8 Å². The van der Waals surface area contributed by atoms with Crippen molar-refractivity contribution < 1.29 is 27.5 Å². The number of alkyl halides is 3. The van der Waals surface area contributed by atoms with Gasteiger partial charge in [-0.25, -0.2) is 0 Å². The molecule has 1 aliphatic heterocycles. The summed E-state index contributed by atoms with van der Waals surface area (Å²) in [5.74, 6) is -1.05. The lowest BCUT2D eigenvalue weighted by Gasteiger charge is -2.29. The Morgan fingerprint density at radius 1 is 1.32 bits per heavy atom. The molecule has 1 atom stereocenters. The number of nitrogens with two attached hydrogens (primary N) is 1.